The first kappa shape index (κ1) is 12.4. The van der Waals surface area contributed by atoms with Gasteiger partial charge in [-0.3, -0.25) is 4.79 Å². The van der Waals surface area contributed by atoms with Crippen molar-refractivity contribution in [3.8, 4) is 0 Å². The molecule has 0 aromatic rings. The fraction of sp³-hybridized carbons (Fsp3) is 0.857. The average molecular weight is 209 g/mol. The van der Waals surface area contributed by atoms with Crippen molar-refractivity contribution in [3.05, 3.63) is 0 Å². The molecule has 0 aliphatic heterocycles. The SMILES string of the molecule is CCCS(=O)(=O)NC(C)CC(=O)O. The van der Waals surface area contributed by atoms with Gasteiger partial charge >= 0.3 is 5.97 Å². The van der Waals surface area contributed by atoms with E-state index in [2.05, 4.69) is 4.72 Å². The molecule has 1 atom stereocenters. The number of carboxylic acid groups (broad SMARTS) is 1. The van der Waals surface area contributed by atoms with E-state index >= 15 is 0 Å². The van der Waals surface area contributed by atoms with Gasteiger partial charge in [0.1, 0.15) is 0 Å². The fourth-order valence-corrected chi connectivity index (χ4v) is 2.29. The average Bonchev–Trinajstić information content (AvgIpc) is 1.81. The molecule has 0 amide bonds. The van der Waals surface area contributed by atoms with E-state index in [0.29, 0.717) is 6.42 Å². The van der Waals surface area contributed by atoms with E-state index in [4.69, 9.17) is 5.11 Å². The molecule has 0 saturated heterocycles. The zero-order valence-electron chi connectivity index (χ0n) is 7.78. The molecule has 78 valence electrons. The molecule has 0 radical (unpaired) electrons. The number of hydrogen-bond acceptors (Lipinski definition) is 3. The Morgan fingerprint density at radius 3 is 2.46 bits per heavy atom. The van der Waals surface area contributed by atoms with Crippen molar-refractivity contribution in [2.45, 2.75) is 32.7 Å². The van der Waals surface area contributed by atoms with Crippen LogP contribution in [0.15, 0.2) is 0 Å². The van der Waals surface area contributed by atoms with Crippen LogP contribution in [0, 0.1) is 0 Å². The van der Waals surface area contributed by atoms with E-state index in [9.17, 15) is 13.2 Å². The summed E-state index contributed by atoms with van der Waals surface area (Å²) in [6.07, 6.45) is 0.331. The van der Waals surface area contributed by atoms with Gasteiger partial charge in [-0.25, -0.2) is 13.1 Å². The third kappa shape index (κ3) is 6.53. The van der Waals surface area contributed by atoms with Gasteiger partial charge in [0.05, 0.1) is 12.2 Å². The predicted molar refractivity (Wildman–Crippen MR) is 48.9 cm³/mol. The Balaban J connectivity index is 4.04. The lowest BCUT2D eigenvalue weighted by atomic mass is 10.3. The van der Waals surface area contributed by atoms with Crippen molar-refractivity contribution in [2.24, 2.45) is 0 Å². The standard InChI is InChI=1S/C7H15NO4S/c1-3-4-13(11,12)8-6(2)5-7(9)10/h6,8H,3-5H2,1-2H3,(H,9,10). The monoisotopic (exact) mass is 209 g/mol. The summed E-state index contributed by atoms with van der Waals surface area (Å²) in [7, 11) is -3.29. The molecule has 1 unspecified atom stereocenters. The Morgan fingerprint density at radius 1 is 1.54 bits per heavy atom. The minimum absolute atomic E-state index is 0.0386. The van der Waals surface area contributed by atoms with E-state index < -0.39 is 22.0 Å². The van der Waals surface area contributed by atoms with Gasteiger partial charge in [0, 0.05) is 6.04 Å². The normalized spacial score (nSPS) is 14.0. The second-order valence-electron chi connectivity index (χ2n) is 2.94. The molecule has 0 aromatic heterocycles. The molecule has 0 aromatic carbocycles. The van der Waals surface area contributed by atoms with Gasteiger partial charge in [-0.1, -0.05) is 6.92 Å². The van der Waals surface area contributed by atoms with Crippen molar-refractivity contribution in [1.82, 2.24) is 4.72 Å². The third-order valence-corrected chi connectivity index (χ3v) is 3.04. The number of hydrogen-bond donors (Lipinski definition) is 2. The first-order valence-corrected chi connectivity index (χ1v) is 5.74. The summed E-state index contributed by atoms with van der Waals surface area (Å²) in [5.74, 6) is -0.969. The van der Waals surface area contributed by atoms with E-state index in [1.54, 1.807) is 6.92 Å². The molecule has 2 N–H and O–H groups in total. The van der Waals surface area contributed by atoms with Gasteiger partial charge in [-0.15, -0.1) is 0 Å². The van der Waals surface area contributed by atoms with Crippen molar-refractivity contribution in [2.75, 3.05) is 5.75 Å². The molecule has 13 heavy (non-hydrogen) atoms. The number of rotatable bonds is 6. The number of aliphatic carboxylic acids is 1. The van der Waals surface area contributed by atoms with Crippen LogP contribution in [-0.4, -0.2) is 31.3 Å². The highest BCUT2D eigenvalue weighted by molar-refractivity contribution is 7.89. The van der Waals surface area contributed by atoms with E-state index in [0.717, 1.165) is 0 Å². The van der Waals surface area contributed by atoms with E-state index in [1.165, 1.54) is 6.92 Å². The lowest BCUT2D eigenvalue weighted by molar-refractivity contribution is -0.137. The minimum Gasteiger partial charge on any atom is -0.481 e. The van der Waals surface area contributed by atoms with Crippen LogP contribution in [0.4, 0.5) is 0 Å². The molecule has 0 spiro atoms. The minimum atomic E-state index is -3.29. The van der Waals surface area contributed by atoms with Crippen LogP contribution in [0.25, 0.3) is 0 Å². The Hall–Kier alpha value is -0.620. The van der Waals surface area contributed by atoms with Crippen LogP contribution in [-0.2, 0) is 14.8 Å². The highest BCUT2D eigenvalue weighted by Gasteiger charge is 2.15. The maximum Gasteiger partial charge on any atom is 0.304 e. The van der Waals surface area contributed by atoms with Crippen LogP contribution in [0.2, 0.25) is 0 Å². The summed E-state index contributed by atoms with van der Waals surface area (Å²) in [6, 6.07) is -0.547. The van der Waals surface area contributed by atoms with Crippen molar-refractivity contribution < 1.29 is 18.3 Å². The number of carboxylic acids is 1. The van der Waals surface area contributed by atoms with Gasteiger partial charge < -0.3 is 5.11 Å². The summed E-state index contributed by atoms with van der Waals surface area (Å²) in [4.78, 5) is 10.2. The lowest BCUT2D eigenvalue weighted by Gasteiger charge is -2.10. The van der Waals surface area contributed by atoms with Gasteiger partial charge in [-0.05, 0) is 13.3 Å². The number of carbonyl (C=O) groups is 1. The number of nitrogens with one attached hydrogen (secondary N) is 1. The van der Waals surface area contributed by atoms with E-state index in [1.807, 2.05) is 0 Å². The summed E-state index contributed by atoms with van der Waals surface area (Å²) in [5, 5.41) is 8.38. The maximum absolute atomic E-state index is 11.1. The number of sulfonamides is 1. The van der Waals surface area contributed by atoms with Crippen molar-refractivity contribution in [3.63, 3.8) is 0 Å². The predicted octanol–water partition coefficient (Wildman–Crippen LogP) is 0.179. The van der Waals surface area contributed by atoms with Gasteiger partial charge in [-0.2, -0.15) is 0 Å². The third-order valence-electron chi connectivity index (χ3n) is 1.33. The quantitative estimate of drug-likeness (QED) is 0.653. The van der Waals surface area contributed by atoms with Crippen LogP contribution in [0.1, 0.15) is 26.7 Å². The Morgan fingerprint density at radius 2 is 2.08 bits per heavy atom. The summed E-state index contributed by atoms with van der Waals surface area (Å²) in [5.41, 5.74) is 0. The zero-order chi connectivity index (χ0) is 10.5. The molecule has 6 heteroatoms. The molecule has 0 heterocycles. The molecule has 0 fully saturated rings. The smallest absolute Gasteiger partial charge is 0.304 e. The van der Waals surface area contributed by atoms with Crippen molar-refractivity contribution in [1.29, 1.82) is 0 Å². The lowest BCUT2D eigenvalue weighted by Crippen LogP contribution is -2.35. The molecule has 0 aliphatic carbocycles. The second kappa shape index (κ2) is 5.18. The van der Waals surface area contributed by atoms with Crippen LogP contribution < -0.4 is 4.72 Å². The topological polar surface area (TPSA) is 83.5 Å². The molecular formula is C7H15NO4S. The largest absolute Gasteiger partial charge is 0.481 e. The maximum atomic E-state index is 11.1. The van der Waals surface area contributed by atoms with Crippen LogP contribution in [0.5, 0.6) is 0 Å². The van der Waals surface area contributed by atoms with Gasteiger partial charge in [0.15, 0.2) is 0 Å². The molecule has 0 aliphatic rings. The summed E-state index contributed by atoms with van der Waals surface area (Å²) < 4.78 is 24.5. The summed E-state index contributed by atoms with van der Waals surface area (Å²) in [6.45, 7) is 3.28. The summed E-state index contributed by atoms with van der Waals surface area (Å²) >= 11 is 0. The fourth-order valence-electron chi connectivity index (χ4n) is 0.938. The molecule has 0 bridgehead atoms. The molecule has 5 nitrogen and oxygen atoms in total. The first-order valence-electron chi connectivity index (χ1n) is 4.09. The Kier molecular flexibility index (Phi) is 4.94. The molecular weight excluding hydrogens is 194 g/mol. The van der Waals surface area contributed by atoms with E-state index in [-0.39, 0.29) is 12.2 Å². The zero-order valence-corrected chi connectivity index (χ0v) is 8.60. The second-order valence-corrected chi connectivity index (χ2v) is 4.81. The Bertz CT molecular complexity index is 260. The first-order chi connectivity index (χ1) is 5.87. The Labute approximate surface area is 78.2 Å². The molecule has 0 saturated carbocycles. The highest BCUT2D eigenvalue weighted by Crippen LogP contribution is 1.96. The van der Waals surface area contributed by atoms with Crippen molar-refractivity contribution >= 4 is 16.0 Å². The van der Waals surface area contributed by atoms with Gasteiger partial charge in [0.2, 0.25) is 10.0 Å². The van der Waals surface area contributed by atoms with Crippen LogP contribution >= 0.6 is 0 Å². The van der Waals surface area contributed by atoms with Gasteiger partial charge in [0.25, 0.3) is 0 Å². The highest BCUT2D eigenvalue weighted by atomic mass is 32.2. The van der Waals surface area contributed by atoms with Crippen LogP contribution in [0.3, 0.4) is 0 Å². The molecule has 0 rings (SSSR count).